The fourth-order valence-corrected chi connectivity index (χ4v) is 7.35. The summed E-state index contributed by atoms with van der Waals surface area (Å²) in [6.45, 7) is 13.2. The zero-order chi connectivity index (χ0) is 43.6. The molecule has 0 radical (unpaired) electrons. The summed E-state index contributed by atoms with van der Waals surface area (Å²) in [4.78, 5) is 13.4. The highest BCUT2D eigenvalue weighted by molar-refractivity contribution is 6.29. The highest BCUT2D eigenvalue weighted by Gasteiger charge is 2.32. The molecule has 2 aliphatic heterocycles. The molecule has 8 rings (SSSR count). The van der Waals surface area contributed by atoms with E-state index < -0.39 is 12.7 Å². The molecule has 0 saturated carbocycles. The molecule has 2 aliphatic rings. The molecule has 6 aromatic rings. The van der Waals surface area contributed by atoms with E-state index in [1.54, 1.807) is 35.0 Å². The van der Waals surface area contributed by atoms with Crippen LogP contribution in [0, 0.1) is 11.8 Å². The normalized spacial score (nSPS) is 15.8. The standard InChI is InChI=1S/C21H24F3N5O.C13H7ClF3N3O.C8H18N2/c1-2-28-10-8-15(9-11-28)13-25-19-6-7-20-26-14-18(29(20)27-19)16-4-3-5-17(12-16)30-21(22,23)24;14-11-4-5-12-18-7-10(20(12)19-11)8-2-1-3-9(6-8)21-13(15,16)17;1-2-10-5-3-8(7-9)4-6-10/h3-7,12,14-15H,2,8-11,13H2,1H3,(H,25,27);1-7H;8H,2-7,9H2,1H3. The molecule has 61 heavy (non-hydrogen) atoms. The van der Waals surface area contributed by atoms with E-state index in [9.17, 15) is 26.3 Å². The monoisotopic (exact) mass is 874 g/mol. The number of imidazole rings is 2. The van der Waals surface area contributed by atoms with Crippen LogP contribution >= 0.6 is 11.6 Å². The molecule has 0 bridgehead atoms. The third-order valence-corrected chi connectivity index (χ3v) is 10.8. The van der Waals surface area contributed by atoms with Gasteiger partial charge < -0.3 is 30.3 Å². The summed E-state index contributed by atoms with van der Waals surface area (Å²) in [5, 5.41) is 12.3. The highest BCUT2D eigenvalue weighted by atomic mass is 35.5. The summed E-state index contributed by atoms with van der Waals surface area (Å²) in [6.07, 6.45) is -1.43. The maximum atomic E-state index is 12.5. The van der Waals surface area contributed by atoms with E-state index in [0.717, 1.165) is 51.5 Å². The van der Waals surface area contributed by atoms with Gasteiger partial charge >= 0.3 is 12.7 Å². The summed E-state index contributed by atoms with van der Waals surface area (Å²) in [5.74, 6) is 1.54. The van der Waals surface area contributed by atoms with Crippen LogP contribution in [0.15, 0.2) is 85.2 Å². The third kappa shape index (κ3) is 13.2. The zero-order valence-electron chi connectivity index (χ0n) is 33.8. The number of benzene rings is 2. The van der Waals surface area contributed by atoms with Crippen LogP contribution in [0.4, 0.5) is 32.2 Å². The third-order valence-electron chi connectivity index (χ3n) is 10.6. The fraction of sp³-hybridized carbons (Fsp3) is 0.429. The molecule has 6 heterocycles. The van der Waals surface area contributed by atoms with Crippen molar-refractivity contribution in [1.82, 2.24) is 39.0 Å². The van der Waals surface area contributed by atoms with Crippen molar-refractivity contribution in [2.24, 2.45) is 17.6 Å². The first-order valence-corrected chi connectivity index (χ1v) is 20.5. The van der Waals surface area contributed by atoms with Gasteiger partial charge in [-0.25, -0.2) is 19.0 Å². The lowest BCUT2D eigenvalue weighted by Gasteiger charge is -2.31. The molecular formula is C42H49ClF6N10O2. The number of nitrogens with two attached hydrogens (primary N) is 1. The molecule has 0 atom stereocenters. The predicted molar refractivity (Wildman–Crippen MR) is 222 cm³/mol. The maximum absolute atomic E-state index is 12.5. The van der Waals surface area contributed by atoms with Gasteiger partial charge in [0.15, 0.2) is 11.3 Å². The van der Waals surface area contributed by atoms with Crippen LogP contribution in [0.3, 0.4) is 0 Å². The number of ether oxygens (including phenoxy) is 2. The Kier molecular flexibility index (Phi) is 15.3. The topological polar surface area (TPSA) is 123 Å². The van der Waals surface area contributed by atoms with Crippen molar-refractivity contribution in [2.45, 2.75) is 52.3 Å². The van der Waals surface area contributed by atoms with Crippen LogP contribution in [0.25, 0.3) is 33.8 Å². The number of alkyl halides is 6. The van der Waals surface area contributed by atoms with Crippen LogP contribution in [0.1, 0.15) is 39.5 Å². The fourth-order valence-electron chi connectivity index (χ4n) is 7.21. The minimum atomic E-state index is -4.74. The first-order valence-electron chi connectivity index (χ1n) is 20.2. The van der Waals surface area contributed by atoms with Crippen molar-refractivity contribution in [3.05, 3.63) is 90.3 Å². The smallest absolute Gasteiger partial charge is 0.406 e. The number of piperidine rings is 2. The van der Waals surface area contributed by atoms with Crippen molar-refractivity contribution in [3.63, 3.8) is 0 Å². The molecule has 2 aromatic carbocycles. The Labute approximate surface area is 354 Å². The molecular weight excluding hydrogens is 826 g/mol. The van der Waals surface area contributed by atoms with E-state index in [1.165, 1.54) is 79.6 Å². The lowest BCUT2D eigenvalue weighted by atomic mass is 9.97. The summed E-state index contributed by atoms with van der Waals surface area (Å²) < 4.78 is 85.4. The van der Waals surface area contributed by atoms with Gasteiger partial charge in [0.05, 0.1) is 23.8 Å². The van der Waals surface area contributed by atoms with Crippen molar-refractivity contribution in [3.8, 4) is 34.0 Å². The molecule has 4 aromatic heterocycles. The summed E-state index contributed by atoms with van der Waals surface area (Å²) >= 11 is 5.82. The molecule has 2 fully saturated rings. The Morgan fingerprint density at radius 3 is 1.62 bits per heavy atom. The van der Waals surface area contributed by atoms with E-state index >= 15 is 0 Å². The maximum Gasteiger partial charge on any atom is 0.573 e. The van der Waals surface area contributed by atoms with Gasteiger partial charge in [-0.05, 0) is 132 Å². The summed E-state index contributed by atoms with van der Waals surface area (Å²) in [7, 11) is 0. The van der Waals surface area contributed by atoms with Crippen molar-refractivity contribution >= 4 is 28.7 Å². The number of fused-ring (bicyclic) bond motifs is 2. The Morgan fingerprint density at radius 2 is 1.15 bits per heavy atom. The SMILES string of the molecule is CCN1CCC(CN)CC1.CCN1CCC(CNc2ccc3ncc(-c4cccc(OC(F)(F)F)c4)n3n2)CC1.FC(F)(F)Oc1cccc(-c2cnc3ccc(Cl)nn23)c1. The first-order chi connectivity index (χ1) is 29.2. The minimum Gasteiger partial charge on any atom is -0.406 e. The second-order valence-corrected chi connectivity index (χ2v) is 15.1. The molecule has 0 amide bonds. The molecule has 328 valence electrons. The predicted octanol–water partition coefficient (Wildman–Crippen LogP) is 9.06. The Bertz CT molecular complexity index is 2290. The van der Waals surface area contributed by atoms with Crippen LogP contribution < -0.4 is 20.5 Å². The molecule has 12 nitrogen and oxygen atoms in total. The van der Waals surface area contributed by atoms with Gasteiger partial charge in [0.25, 0.3) is 0 Å². The average molecular weight is 875 g/mol. The van der Waals surface area contributed by atoms with Crippen molar-refractivity contribution < 1.29 is 35.8 Å². The lowest BCUT2D eigenvalue weighted by molar-refractivity contribution is -0.275. The molecule has 2 saturated heterocycles. The number of rotatable bonds is 10. The van der Waals surface area contributed by atoms with E-state index in [-0.39, 0.29) is 16.7 Å². The van der Waals surface area contributed by atoms with Gasteiger partial charge in [0, 0.05) is 17.7 Å². The number of likely N-dealkylation sites (tertiary alicyclic amines) is 2. The quantitative estimate of drug-likeness (QED) is 0.129. The molecule has 0 spiro atoms. The number of anilines is 1. The van der Waals surface area contributed by atoms with Gasteiger partial charge in [0.1, 0.15) is 22.5 Å². The summed E-state index contributed by atoms with van der Waals surface area (Å²) in [6, 6.07) is 18.4. The Morgan fingerprint density at radius 1 is 0.672 bits per heavy atom. The van der Waals surface area contributed by atoms with Gasteiger partial charge in [-0.3, -0.25) is 0 Å². The number of aromatic nitrogens is 6. The van der Waals surface area contributed by atoms with Crippen LogP contribution in [-0.4, -0.2) is 104 Å². The van der Waals surface area contributed by atoms with E-state index in [4.69, 9.17) is 17.3 Å². The largest absolute Gasteiger partial charge is 0.573 e. The van der Waals surface area contributed by atoms with Crippen molar-refractivity contribution in [1.29, 1.82) is 0 Å². The first kappa shape index (κ1) is 45.4. The number of nitrogens with zero attached hydrogens (tertiary/aromatic N) is 8. The van der Waals surface area contributed by atoms with Crippen LogP contribution in [0.5, 0.6) is 11.5 Å². The van der Waals surface area contributed by atoms with Crippen molar-refractivity contribution in [2.75, 3.05) is 57.7 Å². The second-order valence-electron chi connectivity index (χ2n) is 14.7. The number of nitrogens with one attached hydrogen (secondary N) is 1. The number of hydrogen-bond donors (Lipinski definition) is 2. The highest BCUT2D eigenvalue weighted by Crippen LogP contribution is 2.30. The number of halogens is 7. The Balaban J connectivity index is 0.000000173. The molecule has 19 heteroatoms. The Hall–Kier alpha value is -5.17. The zero-order valence-corrected chi connectivity index (χ0v) is 34.6. The molecule has 0 unspecified atom stereocenters. The van der Waals surface area contributed by atoms with E-state index in [0.29, 0.717) is 45.5 Å². The van der Waals surface area contributed by atoms with Gasteiger partial charge in [-0.1, -0.05) is 49.7 Å². The molecule has 3 N–H and O–H groups in total. The van der Waals surface area contributed by atoms with E-state index in [1.807, 2.05) is 12.1 Å². The van der Waals surface area contributed by atoms with Crippen LogP contribution in [0.2, 0.25) is 5.15 Å². The second kappa shape index (κ2) is 20.6. The number of hydrogen-bond acceptors (Lipinski definition) is 10. The van der Waals surface area contributed by atoms with Gasteiger partial charge in [-0.15, -0.1) is 31.4 Å². The van der Waals surface area contributed by atoms with Gasteiger partial charge in [-0.2, -0.15) is 5.10 Å². The molecule has 0 aliphatic carbocycles. The van der Waals surface area contributed by atoms with Gasteiger partial charge in [0.2, 0.25) is 0 Å². The lowest BCUT2D eigenvalue weighted by Crippen LogP contribution is -2.35. The average Bonchev–Trinajstić information content (AvgIpc) is 3.87. The minimum absolute atomic E-state index is 0.254. The summed E-state index contributed by atoms with van der Waals surface area (Å²) in [5.41, 5.74) is 8.87. The van der Waals surface area contributed by atoms with Crippen LogP contribution in [-0.2, 0) is 0 Å². The van der Waals surface area contributed by atoms with E-state index in [2.05, 4.69) is 58.6 Å².